The SMILES string of the molecule is O=[N+]([O-])c1cc(C2CCCN2)n[nH]1. The third-order valence-electron chi connectivity index (χ3n) is 2.20. The molecule has 0 amide bonds. The molecule has 0 spiro atoms. The topological polar surface area (TPSA) is 83.8 Å². The Balaban J connectivity index is 2.16. The maximum atomic E-state index is 10.3. The third-order valence-corrected chi connectivity index (χ3v) is 2.20. The molecular weight excluding hydrogens is 172 g/mol. The number of rotatable bonds is 2. The van der Waals surface area contributed by atoms with Crippen LogP contribution in [-0.2, 0) is 0 Å². The average Bonchev–Trinajstić information content (AvgIpc) is 2.75. The maximum absolute atomic E-state index is 10.3. The highest BCUT2D eigenvalue weighted by Gasteiger charge is 2.21. The van der Waals surface area contributed by atoms with E-state index in [1.54, 1.807) is 0 Å². The molecule has 70 valence electrons. The smallest absolute Gasteiger partial charge is 0.342 e. The molecule has 1 aliphatic rings. The van der Waals surface area contributed by atoms with Crippen LogP contribution in [0.15, 0.2) is 6.07 Å². The van der Waals surface area contributed by atoms with Gasteiger partial charge < -0.3 is 15.4 Å². The van der Waals surface area contributed by atoms with Crippen molar-refractivity contribution in [1.29, 1.82) is 0 Å². The van der Waals surface area contributed by atoms with Crippen molar-refractivity contribution in [1.82, 2.24) is 15.5 Å². The van der Waals surface area contributed by atoms with Crippen molar-refractivity contribution in [2.45, 2.75) is 18.9 Å². The van der Waals surface area contributed by atoms with Gasteiger partial charge in [-0.1, -0.05) is 5.10 Å². The van der Waals surface area contributed by atoms with Crippen molar-refractivity contribution in [3.05, 3.63) is 21.9 Å². The highest BCUT2D eigenvalue weighted by Crippen LogP contribution is 2.23. The molecule has 0 aliphatic carbocycles. The van der Waals surface area contributed by atoms with Crippen molar-refractivity contribution in [2.24, 2.45) is 0 Å². The molecule has 13 heavy (non-hydrogen) atoms. The Morgan fingerprint density at radius 3 is 3.08 bits per heavy atom. The molecule has 1 aromatic rings. The number of nitro groups is 1. The van der Waals surface area contributed by atoms with Crippen LogP contribution in [-0.4, -0.2) is 21.7 Å². The normalized spacial score (nSPS) is 22.0. The minimum absolute atomic E-state index is 0.0382. The van der Waals surface area contributed by atoms with Crippen molar-refractivity contribution in [3.8, 4) is 0 Å². The lowest BCUT2D eigenvalue weighted by Crippen LogP contribution is -2.12. The van der Waals surface area contributed by atoms with Gasteiger partial charge in [-0.05, 0) is 24.3 Å². The first kappa shape index (κ1) is 8.18. The van der Waals surface area contributed by atoms with Gasteiger partial charge in [-0.2, -0.15) is 0 Å². The minimum atomic E-state index is -0.467. The number of aromatic nitrogens is 2. The first-order chi connectivity index (χ1) is 6.27. The fourth-order valence-corrected chi connectivity index (χ4v) is 1.54. The van der Waals surface area contributed by atoms with Gasteiger partial charge >= 0.3 is 5.82 Å². The van der Waals surface area contributed by atoms with E-state index in [4.69, 9.17) is 0 Å². The van der Waals surface area contributed by atoms with Gasteiger partial charge in [-0.25, -0.2) is 0 Å². The Hall–Kier alpha value is -1.43. The van der Waals surface area contributed by atoms with Gasteiger partial charge in [0.15, 0.2) is 0 Å². The predicted octanol–water partition coefficient (Wildman–Crippen LogP) is 0.742. The summed E-state index contributed by atoms with van der Waals surface area (Å²) in [6.07, 6.45) is 2.10. The Morgan fingerprint density at radius 2 is 2.54 bits per heavy atom. The van der Waals surface area contributed by atoms with Crippen LogP contribution in [0.5, 0.6) is 0 Å². The van der Waals surface area contributed by atoms with Gasteiger partial charge in [0.05, 0.1) is 12.1 Å². The van der Waals surface area contributed by atoms with Crippen LogP contribution in [0, 0.1) is 10.1 Å². The number of nitrogens with zero attached hydrogens (tertiary/aromatic N) is 2. The lowest BCUT2D eigenvalue weighted by Gasteiger charge is -2.02. The van der Waals surface area contributed by atoms with Gasteiger partial charge in [0.2, 0.25) is 0 Å². The summed E-state index contributed by atoms with van der Waals surface area (Å²) in [6.45, 7) is 0.964. The van der Waals surface area contributed by atoms with Crippen molar-refractivity contribution < 1.29 is 4.92 Å². The lowest BCUT2D eigenvalue weighted by molar-refractivity contribution is -0.389. The van der Waals surface area contributed by atoms with E-state index in [0.717, 1.165) is 25.1 Å². The molecule has 0 bridgehead atoms. The molecule has 0 saturated carbocycles. The Morgan fingerprint density at radius 1 is 1.69 bits per heavy atom. The lowest BCUT2D eigenvalue weighted by atomic mass is 10.2. The molecule has 1 unspecified atom stereocenters. The van der Waals surface area contributed by atoms with Crippen LogP contribution in [0.1, 0.15) is 24.6 Å². The molecule has 2 heterocycles. The number of hydrogen-bond donors (Lipinski definition) is 2. The quantitative estimate of drug-likeness (QED) is 0.522. The van der Waals surface area contributed by atoms with E-state index in [-0.39, 0.29) is 11.9 Å². The molecule has 0 aromatic carbocycles. The monoisotopic (exact) mass is 182 g/mol. The van der Waals surface area contributed by atoms with Crippen LogP contribution in [0.2, 0.25) is 0 Å². The van der Waals surface area contributed by atoms with Gasteiger partial charge in [-0.3, -0.25) is 0 Å². The van der Waals surface area contributed by atoms with Crippen LogP contribution in [0.4, 0.5) is 5.82 Å². The summed E-state index contributed by atoms with van der Waals surface area (Å²) in [7, 11) is 0. The van der Waals surface area contributed by atoms with E-state index >= 15 is 0 Å². The first-order valence-corrected chi connectivity index (χ1v) is 4.20. The molecule has 2 rings (SSSR count). The molecule has 6 nitrogen and oxygen atoms in total. The molecule has 0 radical (unpaired) electrons. The van der Waals surface area contributed by atoms with E-state index in [2.05, 4.69) is 15.5 Å². The van der Waals surface area contributed by atoms with E-state index in [9.17, 15) is 10.1 Å². The zero-order chi connectivity index (χ0) is 9.26. The second kappa shape index (κ2) is 3.14. The minimum Gasteiger partial charge on any atom is -0.358 e. The first-order valence-electron chi connectivity index (χ1n) is 4.20. The summed E-state index contributed by atoms with van der Waals surface area (Å²) in [6, 6.07) is 1.67. The fourth-order valence-electron chi connectivity index (χ4n) is 1.54. The zero-order valence-electron chi connectivity index (χ0n) is 6.99. The molecular formula is C7H10N4O2. The van der Waals surface area contributed by atoms with Gasteiger partial charge in [0.25, 0.3) is 0 Å². The summed E-state index contributed by atoms with van der Waals surface area (Å²) in [5.74, 6) is -0.0382. The largest absolute Gasteiger partial charge is 0.358 e. The zero-order valence-corrected chi connectivity index (χ0v) is 6.99. The van der Waals surface area contributed by atoms with Gasteiger partial charge in [0, 0.05) is 0 Å². The number of aromatic amines is 1. The molecule has 1 atom stereocenters. The molecule has 2 N–H and O–H groups in total. The summed E-state index contributed by atoms with van der Waals surface area (Å²) >= 11 is 0. The van der Waals surface area contributed by atoms with Crippen molar-refractivity contribution in [2.75, 3.05) is 6.54 Å². The number of hydrogen-bond acceptors (Lipinski definition) is 4. The molecule has 1 fully saturated rings. The average molecular weight is 182 g/mol. The Bertz CT molecular complexity index is 316. The summed E-state index contributed by atoms with van der Waals surface area (Å²) < 4.78 is 0. The highest BCUT2D eigenvalue weighted by molar-refractivity contribution is 5.23. The standard InChI is InChI=1S/C7H10N4O2/c12-11(13)7-4-6(9-10-7)5-2-1-3-8-5/h4-5,8H,1-3H2,(H,9,10). The van der Waals surface area contributed by atoms with Gasteiger partial charge in [-0.15, -0.1) is 5.10 Å². The second-order valence-corrected chi connectivity index (χ2v) is 3.08. The van der Waals surface area contributed by atoms with Crippen molar-refractivity contribution in [3.63, 3.8) is 0 Å². The molecule has 6 heteroatoms. The van der Waals surface area contributed by atoms with Crippen LogP contribution < -0.4 is 5.32 Å². The van der Waals surface area contributed by atoms with Crippen LogP contribution in [0.3, 0.4) is 0 Å². The van der Waals surface area contributed by atoms with Crippen LogP contribution >= 0.6 is 0 Å². The third kappa shape index (κ3) is 1.52. The summed E-state index contributed by atoms with van der Waals surface area (Å²) in [5.41, 5.74) is 0.740. The predicted molar refractivity (Wildman–Crippen MR) is 45.2 cm³/mol. The molecule has 1 aromatic heterocycles. The Labute approximate surface area is 74.5 Å². The Kier molecular flexibility index (Phi) is 1.97. The fraction of sp³-hybridized carbons (Fsp3) is 0.571. The number of H-pyrrole nitrogens is 1. The van der Waals surface area contributed by atoms with E-state index in [1.807, 2.05) is 0 Å². The second-order valence-electron chi connectivity index (χ2n) is 3.08. The molecule has 1 aliphatic heterocycles. The maximum Gasteiger partial charge on any atom is 0.342 e. The summed E-state index contributed by atoms with van der Waals surface area (Å²) in [5, 5.41) is 19.8. The van der Waals surface area contributed by atoms with Gasteiger partial charge in [0.1, 0.15) is 5.69 Å². The summed E-state index contributed by atoms with van der Waals surface area (Å²) in [4.78, 5) is 9.88. The number of nitrogens with one attached hydrogen (secondary N) is 2. The van der Waals surface area contributed by atoms with Crippen LogP contribution in [0.25, 0.3) is 0 Å². The van der Waals surface area contributed by atoms with E-state index in [1.165, 1.54) is 6.07 Å². The highest BCUT2D eigenvalue weighted by atomic mass is 16.6. The van der Waals surface area contributed by atoms with E-state index < -0.39 is 4.92 Å². The van der Waals surface area contributed by atoms with Crippen molar-refractivity contribution >= 4 is 5.82 Å². The van der Waals surface area contributed by atoms with E-state index in [0.29, 0.717) is 0 Å². The molecule has 1 saturated heterocycles.